The number of aromatic nitrogens is 2. The van der Waals surface area contributed by atoms with Crippen molar-refractivity contribution in [3.8, 4) is 0 Å². The van der Waals surface area contributed by atoms with Crippen LogP contribution in [0.3, 0.4) is 0 Å². The molecule has 1 aromatic carbocycles. The second kappa shape index (κ2) is 6.01. The van der Waals surface area contributed by atoms with Crippen molar-refractivity contribution in [1.29, 1.82) is 0 Å². The molecule has 1 N–H and O–H groups in total. The minimum absolute atomic E-state index is 0.639. The van der Waals surface area contributed by atoms with Crippen LogP contribution < -0.4 is 5.32 Å². The van der Waals surface area contributed by atoms with Gasteiger partial charge in [0.2, 0.25) is 0 Å². The second-order valence-electron chi connectivity index (χ2n) is 5.06. The lowest BCUT2D eigenvalue weighted by atomic mass is 10.1. The van der Waals surface area contributed by atoms with Crippen LogP contribution in [0, 0.1) is 0 Å². The standard InChI is InChI=1S/C16H19N3O/c1-20-10-13-6-3-2-5-12(13)9-17-16-14-7-4-8-15(14)18-11-19-16/h2-3,5-6,11H,4,7-10H2,1H3,(H,17,18,19). The van der Waals surface area contributed by atoms with E-state index in [0.717, 1.165) is 25.2 Å². The zero-order valence-corrected chi connectivity index (χ0v) is 11.7. The van der Waals surface area contributed by atoms with E-state index in [4.69, 9.17) is 4.74 Å². The molecule has 0 spiro atoms. The maximum absolute atomic E-state index is 5.24. The summed E-state index contributed by atoms with van der Waals surface area (Å²) in [6.45, 7) is 1.41. The Labute approximate surface area is 119 Å². The van der Waals surface area contributed by atoms with Gasteiger partial charge in [-0.25, -0.2) is 9.97 Å². The molecular formula is C16H19N3O. The Morgan fingerprint density at radius 2 is 2.00 bits per heavy atom. The van der Waals surface area contributed by atoms with Crippen LogP contribution in [0.25, 0.3) is 0 Å². The molecule has 0 fully saturated rings. The van der Waals surface area contributed by atoms with Gasteiger partial charge in [0.25, 0.3) is 0 Å². The Morgan fingerprint density at radius 3 is 2.85 bits per heavy atom. The van der Waals surface area contributed by atoms with Crippen LogP contribution in [0.5, 0.6) is 0 Å². The van der Waals surface area contributed by atoms with Gasteiger partial charge in [-0.15, -0.1) is 0 Å². The fraction of sp³-hybridized carbons (Fsp3) is 0.375. The maximum atomic E-state index is 5.24. The van der Waals surface area contributed by atoms with Crippen molar-refractivity contribution in [3.05, 3.63) is 53.0 Å². The van der Waals surface area contributed by atoms with Gasteiger partial charge >= 0.3 is 0 Å². The van der Waals surface area contributed by atoms with E-state index in [1.807, 2.05) is 6.07 Å². The van der Waals surface area contributed by atoms with Crippen molar-refractivity contribution in [2.45, 2.75) is 32.4 Å². The first kappa shape index (κ1) is 13.1. The van der Waals surface area contributed by atoms with E-state index in [2.05, 4.69) is 33.5 Å². The molecule has 0 unspecified atom stereocenters. The molecule has 0 saturated carbocycles. The van der Waals surface area contributed by atoms with Crippen molar-refractivity contribution < 1.29 is 4.74 Å². The quantitative estimate of drug-likeness (QED) is 0.906. The van der Waals surface area contributed by atoms with Gasteiger partial charge in [0, 0.05) is 24.9 Å². The molecule has 1 aliphatic rings. The van der Waals surface area contributed by atoms with Gasteiger partial charge in [-0.05, 0) is 30.4 Å². The third-order valence-electron chi connectivity index (χ3n) is 3.74. The van der Waals surface area contributed by atoms with Crippen LogP contribution in [0.2, 0.25) is 0 Å². The van der Waals surface area contributed by atoms with Gasteiger partial charge in [-0.1, -0.05) is 24.3 Å². The van der Waals surface area contributed by atoms with Crippen LogP contribution >= 0.6 is 0 Å². The molecule has 0 radical (unpaired) electrons. The largest absolute Gasteiger partial charge is 0.380 e. The van der Waals surface area contributed by atoms with Crippen LogP contribution in [0.1, 0.15) is 28.8 Å². The van der Waals surface area contributed by atoms with Crippen LogP contribution in [0.4, 0.5) is 5.82 Å². The fourth-order valence-electron chi connectivity index (χ4n) is 2.72. The number of anilines is 1. The maximum Gasteiger partial charge on any atom is 0.133 e. The first-order valence-electron chi connectivity index (χ1n) is 7.01. The summed E-state index contributed by atoms with van der Waals surface area (Å²) in [5, 5.41) is 3.45. The lowest BCUT2D eigenvalue weighted by Crippen LogP contribution is -2.07. The number of fused-ring (bicyclic) bond motifs is 1. The number of nitrogens with zero attached hydrogens (tertiary/aromatic N) is 2. The number of hydrogen-bond donors (Lipinski definition) is 1. The summed E-state index contributed by atoms with van der Waals surface area (Å²) in [6, 6.07) is 8.33. The summed E-state index contributed by atoms with van der Waals surface area (Å²) in [5.41, 5.74) is 4.96. The summed E-state index contributed by atoms with van der Waals surface area (Å²) >= 11 is 0. The first-order chi connectivity index (χ1) is 9.88. The van der Waals surface area contributed by atoms with E-state index >= 15 is 0 Å². The molecule has 0 saturated heterocycles. The predicted octanol–water partition coefficient (Wildman–Crippen LogP) is 2.72. The number of hydrogen-bond acceptors (Lipinski definition) is 4. The number of benzene rings is 1. The number of nitrogens with one attached hydrogen (secondary N) is 1. The molecule has 2 aromatic rings. The van der Waals surface area contributed by atoms with Crippen LogP contribution in [0.15, 0.2) is 30.6 Å². The lowest BCUT2D eigenvalue weighted by molar-refractivity contribution is 0.184. The van der Waals surface area contributed by atoms with E-state index in [0.29, 0.717) is 6.61 Å². The molecule has 104 valence electrons. The smallest absolute Gasteiger partial charge is 0.133 e. The second-order valence-corrected chi connectivity index (χ2v) is 5.06. The number of rotatable bonds is 5. The SMILES string of the molecule is COCc1ccccc1CNc1ncnc2c1CCC2. The average Bonchev–Trinajstić information content (AvgIpc) is 2.96. The molecule has 0 aliphatic heterocycles. The summed E-state index contributed by atoms with van der Waals surface area (Å²) in [6.07, 6.45) is 5.00. The van der Waals surface area contributed by atoms with Crippen molar-refractivity contribution >= 4 is 5.82 Å². The zero-order valence-electron chi connectivity index (χ0n) is 11.7. The van der Waals surface area contributed by atoms with Gasteiger partial charge in [0.05, 0.1) is 6.61 Å². The molecule has 4 nitrogen and oxygen atoms in total. The van der Waals surface area contributed by atoms with Gasteiger partial charge in [-0.3, -0.25) is 0 Å². The highest BCUT2D eigenvalue weighted by molar-refractivity contribution is 5.48. The molecule has 0 amide bonds. The predicted molar refractivity (Wildman–Crippen MR) is 78.5 cm³/mol. The van der Waals surface area contributed by atoms with Gasteiger partial charge in [0.1, 0.15) is 12.1 Å². The summed E-state index contributed by atoms with van der Waals surface area (Å²) in [4.78, 5) is 8.74. The molecule has 3 rings (SSSR count). The highest BCUT2D eigenvalue weighted by Crippen LogP contribution is 2.25. The molecule has 0 bridgehead atoms. The van der Waals surface area contributed by atoms with Crippen molar-refractivity contribution in [2.75, 3.05) is 12.4 Å². The van der Waals surface area contributed by atoms with Crippen LogP contribution in [-0.4, -0.2) is 17.1 Å². The zero-order chi connectivity index (χ0) is 13.8. The third-order valence-corrected chi connectivity index (χ3v) is 3.74. The summed E-state index contributed by atoms with van der Waals surface area (Å²) in [5.74, 6) is 0.986. The Balaban J connectivity index is 1.76. The van der Waals surface area contributed by atoms with Gasteiger partial charge < -0.3 is 10.1 Å². The Bertz CT molecular complexity index is 598. The van der Waals surface area contributed by atoms with Crippen LogP contribution in [-0.2, 0) is 30.7 Å². The van der Waals surface area contributed by atoms with Crippen molar-refractivity contribution in [3.63, 3.8) is 0 Å². The summed E-state index contributed by atoms with van der Waals surface area (Å²) in [7, 11) is 1.72. The number of ether oxygens (including phenoxy) is 1. The van der Waals surface area contributed by atoms with Crippen molar-refractivity contribution in [1.82, 2.24) is 9.97 Å². The third kappa shape index (κ3) is 2.65. The summed E-state index contributed by atoms with van der Waals surface area (Å²) < 4.78 is 5.24. The molecular weight excluding hydrogens is 250 g/mol. The minimum atomic E-state index is 0.639. The average molecular weight is 269 g/mol. The van der Waals surface area contributed by atoms with Crippen molar-refractivity contribution in [2.24, 2.45) is 0 Å². The van der Waals surface area contributed by atoms with Gasteiger partial charge in [0.15, 0.2) is 0 Å². The van der Waals surface area contributed by atoms with E-state index < -0.39 is 0 Å². The monoisotopic (exact) mass is 269 g/mol. The highest BCUT2D eigenvalue weighted by Gasteiger charge is 2.16. The van der Waals surface area contributed by atoms with E-state index in [9.17, 15) is 0 Å². The Hall–Kier alpha value is -1.94. The highest BCUT2D eigenvalue weighted by atomic mass is 16.5. The Kier molecular flexibility index (Phi) is 3.92. The Morgan fingerprint density at radius 1 is 1.15 bits per heavy atom. The normalized spacial score (nSPS) is 13.2. The lowest BCUT2D eigenvalue weighted by Gasteiger charge is -2.12. The molecule has 0 atom stereocenters. The molecule has 20 heavy (non-hydrogen) atoms. The topological polar surface area (TPSA) is 47.0 Å². The first-order valence-corrected chi connectivity index (χ1v) is 7.01. The van der Waals surface area contributed by atoms with E-state index in [1.165, 1.54) is 28.8 Å². The minimum Gasteiger partial charge on any atom is -0.380 e. The fourth-order valence-corrected chi connectivity index (χ4v) is 2.72. The number of methoxy groups -OCH3 is 1. The molecule has 1 aromatic heterocycles. The van der Waals surface area contributed by atoms with E-state index in [-0.39, 0.29) is 0 Å². The van der Waals surface area contributed by atoms with Gasteiger partial charge in [-0.2, -0.15) is 0 Å². The van der Waals surface area contributed by atoms with E-state index in [1.54, 1.807) is 13.4 Å². The molecule has 1 heterocycles. The number of aryl methyl sites for hydroxylation is 1. The molecule has 1 aliphatic carbocycles. The molecule has 4 heteroatoms.